The number of aliphatic hydroxyl groups excluding tert-OH is 2. The molecule has 0 aliphatic carbocycles. The van der Waals surface area contributed by atoms with E-state index in [-0.39, 0.29) is 19.4 Å². The summed E-state index contributed by atoms with van der Waals surface area (Å²) >= 11 is 0. The van der Waals surface area contributed by atoms with Crippen LogP contribution in [-0.4, -0.2) is 65.7 Å². The van der Waals surface area contributed by atoms with Crippen molar-refractivity contribution in [2.24, 2.45) is 0 Å². The molecule has 0 rings (SSSR count). The monoisotopic (exact) mass is 582 g/mol. The average molecular weight is 583 g/mol. The summed E-state index contributed by atoms with van der Waals surface area (Å²) in [6.45, 7) is 1.94. The molecule has 0 heterocycles. The lowest BCUT2D eigenvalue weighted by Gasteiger charge is -2.20. The molecule has 0 aliphatic heterocycles. The SMILES string of the molecule is CCCCCCCCCCCCCCCCCC(=O)OC[C@H](COP(=O)(O)OC[C@@H](O)CO)OC(=O)CCC. The highest BCUT2D eigenvalue weighted by molar-refractivity contribution is 7.47. The number of hydrogen-bond acceptors (Lipinski definition) is 9. The third-order valence-corrected chi connectivity index (χ3v) is 7.18. The number of ether oxygens (including phenoxy) is 2. The number of rotatable bonds is 28. The Kier molecular flexibility index (Phi) is 25.2. The van der Waals surface area contributed by atoms with Gasteiger partial charge in [-0.05, 0) is 12.8 Å². The summed E-state index contributed by atoms with van der Waals surface area (Å²) in [6.07, 6.45) is 17.0. The molecule has 0 saturated heterocycles. The van der Waals surface area contributed by atoms with Crippen molar-refractivity contribution in [1.29, 1.82) is 0 Å². The molecule has 0 amide bonds. The Labute approximate surface area is 235 Å². The summed E-state index contributed by atoms with van der Waals surface area (Å²) in [5.41, 5.74) is 0. The first-order chi connectivity index (χ1) is 18.7. The fraction of sp³-hybridized carbons (Fsp3) is 0.929. The van der Waals surface area contributed by atoms with Crippen molar-refractivity contribution >= 4 is 19.8 Å². The van der Waals surface area contributed by atoms with Crippen molar-refractivity contribution in [2.45, 2.75) is 142 Å². The second kappa shape index (κ2) is 25.9. The number of esters is 2. The fourth-order valence-corrected chi connectivity index (χ4v) is 4.70. The zero-order chi connectivity index (χ0) is 29.2. The Hall–Kier alpha value is -1.03. The molecule has 3 atom stereocenters. The van der Waals surface area contributed by atoms with E-state index in [1.54, 1.807) is 6.92 Å². The smallest absolute Gasteiger partial charge is 0.462 e. The standard InChI is InChI=1S/C28H55O10P/c1-3-5-6-7-8-9-10-11-12-13-14-15-16-17-18-20-27(31)35-23-26(38-28(32)19-4-2)24-37-39(33,34)36-22-25(30)21-29/h25-26,29-30H,3-24H2,1-2H3,(H,33,34)/t25-,26+/m0/s1. The van der Waals surface area contributed by atoms with Crippen LogP contribution in [0.1, 0.15) is 129 Å². The molecule has 3 N–H and O–H groups in total. The van der Waals surface area contributed by atoms with Crippen molar-refractivity contribution in [3.05, 3.63) is 0 Å². The third-order valence-electron chi connectivity index (χ3n) is 6.23. The van der Waals surface area contributed by atoms with Gasteiger partial charge in [-0.25, -0.2) is 4.57 Å². The minimum Gasteiger partial charge on any atom is -0.462 e. The summed E-state index contributed by atoms with van der Waals surface area (Å²) in [4.78, 5) is 33.7. The lowest BCUT2D eigenvalue weighted by Crippen LogP contribution is -2.29. The maximum Gasteiger partial charge on any atom is 0.472 e. The van der Waals surface area contributed by atoms with Gasteiger partial charge in [-0.1, -0.05) is 104 Å². The topological polar surface area (TPSA) is 149 Å². The Morgan fingerprint density at radius 1 is 0.667 bits per heavy atom. The Morgan fingerprint density at radius 3 is 1.64 bits per heavy atom. The fourth-order valence-electron chi connectivity index (χ4n) is 3.91. The third kappa shape index (κ3) is 25.7. The lowest BCUT2D eigenvalue weighted by atomic mass is 10.0. The van der Waals surface area contributed by atoms with Crippen molar-refractivity contribution < 1.29 is 47.8 Å². The van der Waals surface area contributed by atoms with E-state index in [2.05, 4.69) is 11.4 Å². The van der Waals surface area contributed by atoms with Gasteiger partial charge in [0.25, 0.3) is 0 Å². The van der Waals surface area contributed by atoms with Crippen molar-refractivity contribution in [3.63, 3.8) is 0 Å². The zero-order valence-corrected chi connectivity index (χ0v) is 25.3. The van der Waals surface area contributed by atoms with E-state index < -0.39 is 51.8 Å². The molecule has 39 heavy (non-hydrogen) atoms. The number of phosphoric acid groups is 1. The number of aliphatic hydroxyl groups is 2. The van der Waals surface area contributed by atoms with Crippen LogP contribution < -0.4 is 0 Å². The number of carbonyl (C=O) groups excluding carboxylic acids is 2. The average Bonchev–Trinajstić information content (AvgIpc) is 2.91. The molecule has 0 aromatic rings. The van der Waals surface area contributed by atoms with Crippen LogP contribution in [0.3, 0.4) is 0 Å². The van der Waals surface area contributed by atoms with Crippen LogP contribution in [0.4, 0.5) is 0 Å². The molecule has 0 bridgehead atoms. The molecule has 0 aromatic heterocycles. The normalized spacial score (nSPS) is 14.5. The van der Waals surface area contributed by atoms with Gasteiger partial charge in [0.2, 0.25) is 0 Å². The molecule has 0 saturated carbocycles. The van der Waals surface area contributed by atoms with E-state index in [4.69, 9.17) is 19.1 Å². The van der Waals surface area contributed by atoms with E-state index in [0.29, 0.717) is 12.8 Å². The summed E-state index contributed by atoms with van der Waals surface area (Å²) in [5, 5.41) is 18.0. The molecule has 1 unspecified atom stereocenters. The second-order valence-corrected chi connectivity index (χ2v) is 11.6. The molecule has 0 radical (unpaired) electrons. The molecule has 232 valence electrons. The first kappa shape index (κ1) is 38.0. The summed E-state index contributed by atoms with van der Waals surface area (Å²) in [5.74, 6) is -0.982. The first-order valence-electron chi connectivity index (χ1n) is 15.0. The van der Waals surface area contributed by atoms with Gasteiger partial charge in [-0.2, -0.15) is 0 Å². The number of phosphoric ester groups is 1. The molecule has 0 spiro atoms. The predicted molar refractivity (Wildman–Crippen MR) is 150 cm³/mol. The Morgan fingerprint density at radius 2 is 1.15 bits per heavy atom. The van der Waals surface area contributed by atoms with Crippen LogP contribution in [-0.2, 0) is 32.7 Å². The Balaban J connectivity index is 4.01. The van der Waals surface area contributed by atoms with Gasteiger partial charge in [0.15, 0.2) is 6.10 Å². The molecule has 0 fully saturated rings. The van der Waals surface area contributed by atoms with Crippen LogP contribution in [0.25, 0.3) is 0 Å². The highest BCUT2D eigenvalue weighted by Crippen LogP contribution is 2.43. The van der Waals surface area contributed by atoms with E-state index in [0.717, 1.165) is 19.3 Å². The molecule has 10 nitrogen and oxygen atoms in total. The summed E-state index contributed by atoms with van der Waals surface area (Å²) in [7, 11) is -4.57. The summed E-state index contributed by atoms with van der Waals surface area (Å²) in [6, 6.07) is 0. The highest BCUT2D eigenvalue weighted by atomic mass is 31.2. The predicted octanol–water partition coefficient (Wildman–Crippen LogP) is 5.99. The first-order valence-corrected chi connectivity index (χ1v) is 16.5. The number of unbranched alkanes of at least 4 members (excludes halogenated alkanes) is 14. The van der Waals surface area contributed by atoms with E-state index in [9.17, 15) is 24.2 Å². The quantitative estimate of drug-likeness (QED) is 0.0570. The van der Waals surface area contributed by atoms with Crippen LogP contribution in [0, 0.1) is 0 Å². The van der Waals surface area contributed by atoms with Gasteiger partial charge >= 0.3 is 19.8 Å². The largest absolute Gasteiger partial charge is 0.472 e. The van der Waals surface area contributed by atoms with Crippen LogP contribution >= 0.6 is 7.82 Å². The number of carbonyl (C=O) groups is 2. The van der Waals surface area contributed by atoms with Gasteiger partial charge in [0.1, 0.15) is 12.7 Å². The second-order valence-electron chi connectivity index (χ2n) is 10.1. The molecular weight excluding hydrogens is 527 g/mol. The lowest BCUT2D eigenvalue weighted by molar-refractivity contribution is -0.161. The molecule has 11 heteroatoms. The van der Waals surface area contributed by atoms with E-state index in [1.165, 1.54) is 70.6 Å². The highest BCUT2D eigenvalue weighted by Gasteiger charge is 2.27. The van der Waals surface area contributed by atoms with Gasteiger partial charge in [-0.15, -0.1) is 0 Å². The van der Waals surface area contributed by atoms with Crippen molar-refractivity contribution in [1.82, 2.24) is 0 Å². The van der Waals surface area contributed by atoms with Crippen molar-refractivity contribution in [2.75, 3.05) is 26.4 Å². The molecule has 0 aromatic carbocycles. The summed E-state index contributed by atoms with van der Waals surface area (Å²) < 4.78 is 31.7. The van der Waals surface area contributed by atoms with Gasteiger partial charge < -0.3 is 24.6 Å². The van der Waals surface area contributed by atoms with Crippen LogP contribution in [0.15, 0.2) is 0 Å². The maximum atomic E-state index is 12.1. The van der Waals surface area contributed by atoms with Gasteiger partial charge in [0.05, 0.1) is 19.8 Å². The van der Waals surface area contributed by atoms with Gasteiger partial charge in [-0.3, -0.25) is 18.6 Å². The minimum atomic E-state index is -4.57. The molecular formula is C28H55O10P. The maximum absolute atomic E-state index is 12.1. The van der Waals surface area contributed by atoms with E-state index in [1.807, 2.05) is 0 Å². The van der Waals surface area contributed by atoms with Crippen LogP contribution in [0.5, 0.6) is 0 Å². The number of hydrogen-bond donors (Lipinski definition) is 3. The zero-order valence-electron chi connectivity index (χ0n) is 24.4. The minimum absolute atomic E-state index is 0.138. The van der Waals surface area contributed by atoms with Crippen molar-refractivity contribution in [3.8, 4) is 0 Å². The van der Waals surface area contributed by atoms with Crippen LogP contribution in [0.2, 0.25) is 0 Å². The van der Waals surface area contributed by atoms with E-state index >= 15 is 0 Å². The Bertz CT molecular complexity index is 646. The van der Waals surface area contributed by atoms with Gasteiger partial charge in [0, 0.05) is 12.8 Å². The molecule has 0 aliphatic rings.